The Bertz CT molecular complexity index is 662. The van der Waals surface area contributed by atoms with Gasteiger partial charge in [-0.2, -0.15) is 0 Å². The molecule has 3 rings (SSSR count). The number of carbonyl (C=O) groups excluding carboxylic acids is 3. The molecular formula is C17H16NO4-. The first-order valence-electron chi connectivity index (χ1n) is 7.28. The molecule has 4 atom stereocenters. The van der Waals surface area contributed by atoms with Crippen molar-refractivity contribution in [3.63, 3.8) is 0 Å². The first-order valence-corrected chi connectivity index (χ1v) is 7.28. The normalized spacial score (nSPS) is 28.6. The summed E-state index contributed by atoms with van der Waals surface area (Å²) in [5.74, 6) is -3.01. The largest absolute Gasteiger partial charge is 0.550 e. The summed E-state index contributed by atoms with van der Waals surface area (Å²) in [4.78, 5) is 35.0. The van der Waals surface area contributed by atoms with E-state index in [1.54, 1.807) is 24.3 Å². The molecule has 0 saturated heterocycles. The lowest BCUT2D eigenvalue weighted by atomic mass is 9.82. The van der Waals surface area contributed by atoms with Crippen LogP contribution in [-0.4, -0.2) is 17.7 Å². The number of Topliss-reactive ketones (excluding diaryl/α,β-unsaturated/α-hetero) is 1. The number of aliphatic carboxylic acids is 1. The molecule has 1 fully saturated rings. The summed E-state index contributed by atoms with van der Waals surface area (Å²) in [6, 6.07) is 6.56. The van der Waals surface area contributed by atoms with Gasteiger partial charge in [0, 0.05) is 23.1 Å². The predicted molar refractivity (Wildman–Crippen MR) is 77.8 cm³/mol. The maximum atomic E-state index is 12.4. The van der Waals surface area contributed by atoms with Crippen LogP contribution < -0.4 is 10.4 Å². The molecule has 1 aromatic rings. The number of anilines is 1. The Hall–Kier alpha value is -2.43. The minimum absolute atomic E-state index is 0.0376. The van der Waals surface area contributed by atoms with E-state index in [1.807, 2.05) is 12.2 Å². The highest BCUT2D eigenvalue weighted by Gasteiger charge is 2.48. The van der Waals surface area contributed by atoms with Gasteiger partial charge in [0.2, 0.25) is 5.91 Å². The average Bonchev–Trinajstić information content (AvgIpc) is 3.08. The molecule has 2 bridgehead atoms. The minimum atomic E-state index is -1.16. The fraction of sp³-hybridized carbons (Fsp3) is 0.353. The van der Waals surface area contributed by atoms with E-state index in [-0.39, 0.29) is 23.5 Å². The summed E-state index contributed by atoms with van der Waals surface area (Å²) in [5, 5.41) is 14.1. The van der Waals surface area contributed by atoms with E-state index in [0.29, 0.717) is 17.7 Å². The number of amides is 1. The summed E-state index contributed by atoms with van der Waals surface area (Å²) in [6.07, 6.45) is 4.49. The zero-order valence-corrected chi connectivity index (χ0v) is 12.1. The van der Waals surface area contributed by atoms with Crippen molar-refractivity contribution in [2.45, 2.75) is 13.3 Å². The van der Waals surface area contributed by atoms with Crippen LogP contribution >= 0.6 is 0 Å². The SMILES string of the molecule is CC(=O)c1ccc(NC(=O)C2C3C=CC(C3)C2C(=O)[O-])cc1. The van der Waals surface area contributed by atoms with Crippen LogP contribution in [0.15, 0.2) is 36.4 Å². The maximum Gasteiger partial charge on any atom is 0.228 e. The number of nitrogens with one attached hydrogen (secondary N) is 1. The molecule has 5 heteroatoms. The van der Waals surface area contributed by atoms with Crippen LogP contribution in [0.3, 0.4) is 0 Å². The van der Waals surface area contributed by atoms with E-state index in [0.717, 1.165) is 0 Å². The van der Waals surface area contributed by atoms with Crippen LogP contribution in [-0.2, 0) is 9.59 Å². The monoisotopic (exact) mass is 298 g/mol. The van der Waals surface area contributed by atoms with Crippen LogP contribution in [0, 0.1) is 23.7 Å². The van der Waals surface area contributed by atoms with Crippen molar-refractivity contribution in [3.05, 3.63) is 42.0 Å². The lowest BCUT2D eigenvalue weighted by Gasteiger charge is -2.27. The third kappa shape index (κ3) is 2.43. The number of fused-ring (bicyclic) bond motifs is 2. The molecule has 22 heavy (non-hydrogen) atoms. The second kappa shape index (κ2) is 5.40. The van der Waals surface area contributed by atoms with Crippen LogP contribution in [0.1, 0.15) is 23.7 Å². The fourth-order valence-corrected chi connectivity index (χ4v) is 3.51. The van der Waals surface area contributed by atoms with Gasteiger partial charge in [0.05, 0.1) is 5.92 Å². The lowest BCUT2D eigenvalue weighted by molar-refractivity contribution is -0.313. The molecule has 5 nitrogen and oxygen atoms in total. The van der Waals surface area contributed by atoms with Gasteiger partial charge in [0.15, 0.2) is 5.78 Å². The number of hydrogen-bond acceptors (Lipinski definition) is 4. The van der Waals surface area contributed by atoms with Crippen molar-refractivity contribution in [1.29, 1.82) is 0 Å². The summed E-state index contributed by atoms with van der Waals surface area (Å²) in [7, 11) is 0. The van der Waals surface area contributed by atoms with Gasteiger partial charge in [-0.1, -0.05) is 12.2 Å². The Morgan fingerprint density at radius 3 is 2.18 bits per heavy atom. The highest BCUT2D eigenvalue weighted by Crippen LogP contribution is 2.48. The Morgan fingerprint density at radius 2 is 1.64 bits per heavy atom. The molecule has 1 amide bonds. The Balaban J connectivity index is 1.75. The molecule has 1 N–H and O–H groups in total. The second-order valence-corrected chi connectivity index (χ2v) is 5.94. The van der Waals surface area contributed by atoms with E-state index in [2.05, 4.69) is 5.32 Å². The number of hydrogen-bond donors (Lipinski definition) is 1. The maximum absolute atomic E-state index is 12.4. The first kappa shape index (κ1) is 14.5. The Kier molecular flexibility index (Phi) is 3.56. The number of ketones is 1. The van der Waals surface area contributed by atoms with Gasteiger partial charge < -0.3 is 15.2 Å². The molecular weight excluding hydrogens is 282 g/mol. The zero-order valence-electron chi connectivity index (χ0n) is 12.1. The molecule has 2 aliphatic carbocycles. The molecule has 0 aliphatic heterocycles. The Labute approximate surface area is 128 Å². The fourth-order valence-electron chi connectivity index (χ4n) is 3.51. The van der Waals surface area contributed by atoms with Crippen LogP contribution in [0.4, 0.5) is 5.69 Å². The highest BCUT2D eigenvalue weighted by molar-refractivity contribution is 5.97. The number of allylic oxidation sites excluding steroid dienone is 2. The molecule has 0 radical (unpaired) electrons. The van der Waals surface area contributed by atoms with Gasteiger partial charge in [-0.05, 0) is 49.4 Å². The summed E-state index contributed by atoms with van der Waals surface area (Å²) >= 11 is 0. The quantitative estimate of drug-likeness (QED) is 0.664. The van der Waals surface area contributed by atoms with Gasteiger partial charge in [-0.25, -0.2) is 0 Å². The van der Waals surface area contributed by atoms with Crippen LogP contribution in [0.2, 0.25) is 0 Å². The van der Waals surface area contributed by atoms with Gasteiger partial charge in [0.1, 0.15) is 0 Å². The van der Waals surface area contributed by atoms with Crippen LogP contribution in [0.25, 0.3) is 0 Å². The van der Waals surface area contributed by atoms with Gasteiger partial charge in [0.25, 0.3) is 0 Å². The summed E-state index contributed by atoms with van der Waals surface area (Å²) in [5.41, 5.74) is 1.12. The molecule has 114 valence electrons. The average molecular weight is 298 g/mol. The molecule has 0 spiro atoms. The third-order valence-corrected chi connectivity index (χ3v) is 4.59. The number of rotatable bonds is 4. The van der Waals surface area contributed by atoms with Crippen molar-refractivity contribution in [3.8, 4) is 0 Å². The molecule has 2 aliphatic rings. The van der Waals surface area contributed by atoms with Gasteiger partial charge in [-0.3, -0.25) is 9.59 Å². The first-order chi connectivity index (χ1) is 10.5. The number of carboxylic acids is 1. The Morgan fingerprint density at radius 1 is 1.05 bits per heavy atom. The molecule has 1 aromatic carbocycles. The van der Waals surface area contributed by atoms with Gasteiger partial charge in [-0.15, -0.1) is 0 Å². The summed E-state index contributed by atoms with van der Waals surface area (Å²) in [6.45, 7) is 1.47. The highest BCUT2D eigenvalue weighted by atomic mass is 16.4. The minimum Gasteiger partial charge on any atom is -0.550 e. The van der Waals surface area contributed by atoms with E-state index >= 15 is 0 Å². The topological polar surface area (TPSA) is 86.3 Å². The van der Waals surface area contributed by atoms with Crippen molar-refractivity contribution in [2.75, 3.05) is 5.32 Å². The lowest BCUT2D eigenvalue weighted by Crippen LogP contribution is -2.42. The van der Waals surface area contributed by atoms with E-state index in [9.17, 15) is 19.5 Å². The zero-order chi connectivity index (χ0) is 15.9. The van der Waals surface area contributed by atoms with E-state index in [4.69, 9.17) is 0 Å². The number of carbonyl (C=O) groups is 3. The summed E-state index contributed by atoms with van der Waals surface area (Å²) < 4.78 is 0. The van der Waals surface area contributed by atoms with Crippen molar-refractivity contribution in [1.82, 2.24) is 0 Å². The van der Waals surface area contributed by atoms with E-state index < -0.39 is 17.8 Å². The van der Waals surface area contributed by atoms with Crippen molar-refractivity contribution < 1.29 is 19.5 Å². The molecule has 1 saturated carbocycles. The number of carboxylic acid groups (broad SMARTS) is 1. The molecule has 4 unspecified atom stereocenters. The van der Waals surface area contributed by atoms with Gasteiger partial charge >= 0.3 is 0 Å². The standard InChI is InChI=1S/C17H17NO4/c1-9(19)10-4-6-13(7-5-10)18-16(20)14-11-2-3-12(8-11)15(14)17(21)22/h2-7,11-12,14-15H,8H2,1H3,(H,18,20)(H,21,22)/p-1. The molecule has 0 aromatic heterocycles. The third-order valence-electron chi connectivity index (χ3n) is 4.59. The van der Waals surface area contributed by atoms with Crippen molar-refractivity contribution >= 4 is 23.3 Å². The predicted octanol–water partition coefficient (Wildman–Crippen LogP) is 1.02. The number of benzene rings is 1. The molecule has 0 heterocycles. The second-order valence-electron chi connectivity index (χ2n) is 5.94. The van der Waals surface area contributed by atoms with E-state index in [1.165, 1.54) is 6.92 Å². The van der Waals surface area contributed by atoms with Crippen LogP contribution in [0.5, 0.6) is 0 Å². The smallest absolute Gasteiger partial charge is 0.228 e. The van der Waals surface area contributed by atoms with Crippen molar-refractivity contribution in [2.24, 2.45) is 23.7 Å².